The van der Waals surface area contributed by atoms with Gasteiger partial charge in [-0.05, 0) is 29.1 Å². The van der Waals surface area contributed by atoms with Crippen molar-refractivity contribution < 1.29 is 13.9 Å². The molecule has 2 aromatic rings. The van der Waals surface area contributed by atoms with Crippen molar-refractivity contribution in [3.05, 3.63) is 52.0 Å². The van der Waals surface area contributed by atoms with E-state index in [1.54, 1.807) is 11.4 Å². The predicted molar refractivity (Wildman–Crippen MR) is 70.0 cm³/mol. The number of ether oxygens (including phenoxy) is 1. The van der Waals surface area contributed by atoms with E-state index in [9.17, 15) is 14.4 Å². The highest BCUT2D eigenvalue weighted by Crippen LogP contribution is 2.30. The number of nitrogens with zero attached hydrogens (tertiary/aromatic N) is 1. The molecule has 1 aromatic carbocycles. The maximum absolute atomic E-state index is 12.9. The maximum atomic E-state index is 12.9. The van der Waals surface area contributed by atoms with E-state index in [0.717, 1.165) is 0 Å². The van der Waals surface area contributed by atoms with Crippen molar-refractivity contribution in [3.8, 4) is 11.8 Å². The molecule has 0 bridgehead atoms. The van der Waals surface area contributed by atoms with Gasteiger partial charge in [-0.3, -0.25) is 4.79 Å². The van der Waals surface area contributed by atoms with Crippen molar-refractivity contribution in [1.29, 1.82) is 5.26 Å². The van der Waals surface area contributed by atoms with Gasteiger partial charge < -0.3 is 4.74 Å². The van der Waals surface area contributed by atoms with Crippen LogP contribution in [0.1, 0.15) is 21.2 Å². The lowest BCUT2D eigenvalue weighted by Gasteiger charge is -2.08. The summed E-state index contributed by atoms with van der Waals surface area (Å²) in [6, 6.07) is 8.99. The summed E-state index contributed by atoms with van der Waals surface area (Å²) < 4.78 is 17.9. The number of carbonyl (C=O) groups excluding carboxylic acids is 1. The number of Topliss-reactive ketones (excluding diaryl/α,β-unsaturated/α-hetero) is 1. The third-order valence-electron chi connectivity index (χ3n) is 2.67. The molecule has 1 heterocycles. The van der Waals surface area contributed by atoms with Crippen LogP contribution in [0.25, 0.3) is 0 Å². The number of ketones is 1. The van der Waals surface area contributed by atoms with Crippen LogP contribution in [0.3, 0.4) is 0 Å². The van der Waals surface area contributed by atoms with Crippen LogP contribution < -0.4 is 4.74 Å². The van der Waals surface area contributed by atoms with Gasteiger partial charge in [0, 0.05) is 0 Å². The molecule has 19 heavy (non-hydrogen) atoms. The Hall–Kier alpha value is -2.19. The molecule has 5 heteroatoms. The summed E-state index contributed by atoms with van der Waals surface area (Å²) in [5, 5.41) is 10.9. The highest BCUT2D eigenvalue weighted by molar-refractivity contribution is 7.12. The van der Waals surface area contributed by atoms with Gasteiger partial charge in [-0.15, -0.1) is 11.3 Å². The third kappa shape index (κ3) is 2.64. The second kappa shape index (κ2) is 5.63. The molecule has 0 aliphatic rings. The van der Waals surface area contributed by atoms with Crippen LogP contribution in [-0.4, -0.2) is 12.9 Å². The molecule has 0 saturated heterocycles. The first-order valence-electron chi connectivity index (χ1n) is 5.48. The van der Waals surface area contributed by atoms with E-state index >= 15 is 0 Å². The molecule has 0 fully saturated rings. The van der Waals surface area contributed by atoms with Gasteiger partial charge in [0.1, 0.15) is 22.4 Å². The van der Waals surface area contributed by atoms with Crippen molar-refractivity contribution >= 4 is 17.1 Å². The topological polar surface area (TPSA) is 50.1 Å². The lowest BCUT2D eigenvalue weighted by molar-refractivity contribution is 0.0980. The van der Waals surface area contributed by atoms with E-state index < -0.39 is 11.7 Å². The number of rotatable bonds is 4. The highest BCUT2D eigenvalue weighted by atomic mass is 32.1. The molecule has 0 radical (unpaired) electrons. The van der Waals surface area contributed by atoms with Gasteiger partial charge in [-0.25, -0.2) is 4.39 Å². The largest absolute Gasteiger partial charge is 0.495 e. The number of hydrogen-bond donors (Lipinski definition) is 0. The minimum absolute atomic E-state index is 0.332. The summed E-state index contributed by atoms with van der Waals surface area (Å²) in [4.78, 5) is 12.7. The molecule has 0 aliphatic carbocycles. The van der Waals surface area contributed by atoms with E-state index in [0.29, 0.717) is 16.2 Å². The van der Waals surface area contributed by atoms with Crippen LogP contribution in [0.15, 0.2) is 35.7 Å². The van der Waals surface area contributed by atoms with Crippen LogP contribution in [0, 0.1) is 17.1 Å². The van der Waals surface area contributed by atoms with Crippen LogP contribution in [-0.2, 0) is 0 Å². The van der Waals surface area contributed by atoms with E-state index in [2.05, 4.69) is 0 Å². The SMILES string of the molecule is COc1ccsc1C(=O)C(C#N)c1ccc(F)cc1. The number of halogens is 1. The number of thiophene rings is 1. The molecule has 0 spiro atoms. The molecule has 0 aliphatic heterocycles. The van der Waals surface area contributed by atoms with Gasteiger partial charge in [-0.2, -0.15) is 5.26 Å². The van der Waals surface area contributed by atoms with E-state index in [1.165, 1.54) is 42.7 Å². The molecule has 0 saturated carbocycles. The Bertz CT molecular complexity index is 628. The molecule has 1 unspecified atom stereocenters. The average Bonchev–Trinajstić information content (AvgIpc) is 2.90. The summed E-state index contributed by atoms with van der Waals surface area (Å²) >= 11 is 1.22. The molecule has 1 atom stereocenters. The second-order valence-corrected chi connectivity index (χ2v) is 4.71. The Balaban J connectivity index is 2.35. The summed E-state index contributed by atoms with van der Waals surface area (Å²) in [5.41, 5.74) is 0.476. The zero-order valence-corrected chi connectivity index (χ0v) is 10.9. The normalized spacial score (nSPS) is 11.6. The fourth-order valence-electron chi connectivity index (χ4n) is 1.71. The lowest BCUT2D eigenvalue weighted by Crippen LogP contribution is -2.10. The summed E-state index contributed by atoms with van der Waals surface area (Å²) in [6.45, 7) is 0. The van der Waals surface area contributed by atoms with Crippen molar-refractivity contribution in [2.75, 3.05) is 7.11 Å². The van der Waals surface area contributed by atoms with Gasteiger partial charge in [0.2, 0.25) is 0 Å². The zero-order valence-electron chi connectivity index (χ0n) is 10.1. The molecule has 1 aromatic heterocycles. The van der Waals surface area contributed by atoms with E-state index in [1.807, 2.05) is 6.07 Å². The predicted octanol–water partition coefficient (Wildman–Crippen LogP) is 3.39. The first-order valence-corrected chi connectivity index (χ1v) is 6.36. The van der Waals surface area contributed by atoms with Gasteiger partial charge in [0.15, 0.2) is 5.78 Å². The molecule has 2 rings (SSSR count). The molecular weight excluding hydrogens is 265 g/mol. The Morgan fingerprint density at radius 1 is 1.37 bits per heavy atom. The monoisotopic (exact) mass is 275 g/mol. The number of nitriles is 1. The number of hydrogen-bond acceptors (Lipinski definition) is 4. The quantitative estimate of drug-likeness (QED) is 0.804. The van der Waals surface area contributed by atoms with Gasteiger partial charge in [0.25, 0.3) is 0 Å². The average molecular weight is 275 g/mol. The Kier molecular flexibility index (Phi) is 3.93. The number of benzene rings is 1. The second-order valence-electron chi connectivity index (χ2n) is 3.80. The Morgan fingerprint density at radius 2 is 2.05 bits per heavy atom. The van der Waals surface area contributed by atoms with Gasteiger partial charge >= 0.3 is 0 Å². The molecule has 3 nitrogen and oxygen atoms in total. The summed E-state index contributed by atoms with van der Waals surface area (Å²) in [7, 11) is 1.47. The first kappa shape index (κ1) is 13.2. The van der Waals surface area contributed by atoms with Crippen LogP contribution in [0.5, 0.6) is 5.75 Å². The van der Waals surface area contributed by atoms with Crippen LogP contribution >= 0.6 is 11.3 Å². The first-order chi connectivity index (χ1) is 9.17. The molecule has 96 valence electrons. The smallest absolute Gasteiger partial charge is 0.198 e. The third-order valence-corrected chi connectivity index (χ3v) is 3.58. The standard InChI is InChI=1S/C14H10FNO2S/c1-18-12-6-7-19-14(12)13(17)11(8-16)9-2-4-10(15)5-3-9/h2-7,11H,1H3. The number of carbonyl (C=O) groups is 1. The number of methoxy groups -OCH3 is 1. The zero-order chi connectivity index (χ0) is 13.8. The summed E-state index contributed by atoms with van der Waals surface area (Å²) in [5.74, 6) is -1.23. The fourth-order valence-corrected chi connectivity index (χ4v) is 2.54. The van der Waals surface area contributed by atoms with E-state index in [4.69, 9.17) is 4.74 Å². The Morgan fingerprint density at radius 3 is 2.63 bits per heavy atom. The van der Waals surface area contributed by atoms with Crippen molar-refractivity contribution in [3.63, 3.8) is 0 Å². The molecule has 0 amide bonds. The van der Waals surface area contributed by atoms with Crippen LogP contribution in [0.4, 0.5) is 4.39 Å². The maximum Gasteiger partial charge on any atom is 0.198 e. The summed E-state index contributed by atoms with van der Waals surface area (Å²) in [6.07, 6.45) is 0. The molecular formula is C14H10FNO2S. The minimum Gasteiger partial charge on any atom is -0.495 e. The van der Waals surface area contributed by atoms with E-state index in [-0.39, 0.29) is 5.78 Å². The van der Waals surface area contributed by atoms with Crippen LogP contribution in [0.2, 0.25) is 0 Å². The van der Waals surface area contributed by atoms with Gasteiger partial charge in [0.05, 0.1) is 13.2 Å². The van der Waals surface area contributed by atoms with Gasteiger partial charge in [-0.1, -0.05) is 12.1 Å². The highest BCUT2D eigenvalue weighted by Gasteiger charge is 2.25. The van der Waals surface area contributed by atoms with Crippen molar-refractivity contribution in [2.24, 2.45) is 0 Å². The lowest BCUT2D eigenvalue weighted by atomic mass is 9.95. The fraction of sp³-hybridized carbons (Fsp3) is 0.143. The Labute approximate surface area is 113 Å². The molecule has 0 N–H and O–H groups in total. The van der Waals surface area contributed by atoms with Crippen molar-refractivity contribution in [1.82, 2.24) is 0 Å². The van der Waals surface area contributed by atoms with Crippen molar-refractivity contribution in [2.45, 2.75) is 5.92 Å². The minimum atomic E-state index is -0.951.